The van der Waals surface area contributed by atoms with Crippen molar-refractivity contribution in [1.29, 1.82) is 0 Å². The third-order valence-electron chi connectivity index (χ3n) is 5.22. The second-order valence-electron chi connectivity index (χ2n) is 6.68. The van der Waals surface area contributed by atoms with Crippen LogP contribution in [0.15, 0.2) is 42.1 Å². The highest BCUT2D eigenvalue weighted by molar-refractivity contribution is 5.99. The molecule has 0 atom stereocenters. The molecule has 140 valence electrons. The van der Waals surface area contributed by atoms with E-state index in [-0.39, 0.29) is 5.75 Å². The van der Waals surface area contributed by atoms with Gasteiger partial charge in [0, 0.05) is 28.7 Å². The molecule has 5 nitrogen and oxygen atoms in total. The average molecular weight is 365 g/mol. The number of hydrogen-bond acceptors (Lipinski definition) is 4. The minimum atomic E-state index is 0.0748. The zero-order valence-corrected chi connectivity index (χ0v) is 15.8. The van der Waals surface area contributed by atoms with Gasteiger partial charge in [-0.3, -0.25) is 0 Å². The van der Waals surface area contributed by atoms with Crippen molar-refractivity contribution >= 4 is 16.5 Å². The van der Waals surface area contributed by atoms with Crippen molar-refractivity contribution in [3.8, 4) is 23.0 Å². The molecule has 0 bridgehead atoms. The zero-order valence-electron chi connectivity index (χ0n) is 15.8. The van der Waals surface area contributed by atoms with Crippen LogP contribution in [0, 0.1) is 0 Å². The maximum Gasteiger partial charge on any atom is 0.203 e. The first-order chi connectivity index (χ1) is 13.2. The maximum absolute atomic E-state index is 10.5. The van der Waals surface area contributed by atoms with E-state index in [1.54, 1.807) is 20.3 Å². The van der Waals surface area contributed by atoms with E-state index in [2.05, 4.69) is 11.1 Å². The Balaban J connectivity index is 1.92. The molecule has 0 unspecified atom stereocenters. The first kappa shape index (κ1) is 17.3. The first-order valence-corrected chi connectivity index (χ1v) is 8.99. The normalized spacial score (nSPS) is 13.4. The number of phenolic OH excluding ortho intramolecular Hbond substituents is 1. The smallest absolute Gasteiger partial charge is 0.203 e. The highest BCUT2D eigenvalue weighted by Gasteiger charge is 2.23. The van der Waals surface area contributed by atoms with E-state index in [4.69, 9.17) is 14.2 Å². The Morgan fingerprint density at radius 2 is 1.81 bits per heavy atom. The molecule has 5 heteroatoms. The maximum atomic E-state index is 10.5. The van der Waals surface area contributed by atoms with Gasteiger partial charge in [-0.05, 0) is 54.7 Å². The number of fused-ring (bicyclic) bond motifs is 1. The molecule has 1 heterocycles. The number of nitrogens with one attached hydrogen (secondary N) is 1. The molecule has 27 heavy (non-hydrogen) atoms. The number of methoxy groups -OCH3 is 3. The van der Waals surface area contributed by atoms with Crippen LogP contribution in [0.4, 0.5) is 0 Å². The second-order valence-corrected chi connectivity index (χ2v) is 6.68. The second kappa shape index (κ2) is 6.91. The molecule has 3 aromatic rings. The fraction of sp³-hybridized carbons (Fsp3) is 0.273. The molecule has 1 aromatic heterocycles. The Hall–Kier alpha value is -3.08. The number of H-pyrrole nitrogens is 1. The molecule has 0 aliphatic heterocycles. The fourth-order valence-corrected chi connectivity index (χ4v) is 3.68. The van der Waals surface area contributed by atoms with Crippen LogP contribution in [0.25, 0.3) is 16.5 Å². The molecule has 2 N–H and O–H groups in total. The minimum absolute atomic E-state index is 0.0748. The summed E-state index contributed by atoms with van der Waals surface area (Å²) in [5.74, 6) is 1.76. The number of aromatic amines is 1. The van der Waals surface area contributed by atoms with Gasteiger partial charge in [0.05, 0.1) is 21.3 Å². The fourth-order valence-electron chi connectivity index (χ4n) is 3.68. The molecule has 0 amide bonds. The molecule has 1 saturated carbocycles. The van der Waals surface area contributed by atoms with Gasteiger partial charge < -0.3 is 24.3 Å². The molecular formula is C22H23NO4. The minimum Gasteiger partial charge on any atom is -0.504 e. The molecule has 1 fully saturated rings. The van der Waals surface area contributed by atoms with E-state index < -0.39 is 0 Å². The van der Waals surface area contributed by atoms with Gasteiger partial charge >= 0.3 is 0 Å². The van der Waals surface area contributed by atoms with Crippen molar-refractivity contribution in [2.75, 3.05) is 21.3 Å². The molecular weight excluding hydrogens is 342 g/mol. The van der Waals surface area contributed by atoms with Crippen LogP contribution in [0.3, 0.4) is 0 Å². The monoisotopic (exact) mass is 365 g/mol. The Morgan fingerprint density at radius 1 is 1.00 bits per heavy atom. The number of benzene rings is 2. The van der Waals surface area contributed by atoms with E-state index in [1.165, 1.54) is 19.1 Å². The predicted octanol–water partition coefficient (Wildman–Crippen LogP) is 4.89. The Kier molecular flexibility index (Phi) is 4.44. The van der Waals surface area contributed by atoms with Crippen molar-refractivity contribution in [1.82, 2.24) is 4.98 Å². The number of ether oxygens (including phenoxy) is 3. The summed E-state index contributed by atoms with van der Waals surface area (Å²) >= 11 is 0. The molecule has 0 saturated heterocycles. The number of phenols is 1. The van der Waals surface area contributed by atoms with Crippen molar-refractivity contribution in [3.63, 3.8) is 0 Å². The molecule has 0 radical (unpaired) electrons. The lowest BCUT2D eigenvalue weighted by molar-refractivity contribution is 0.333. The molecule has 4 rings (SSSR count). The Bertz CT molecular complexity index is 1030. The summed E-state index contributed by atoms with van der Waals surface area (Å²) < 4.78 is 16.1. The predicted molar refractivity (Wildman–Crippen MR) is 106 cm³/mol. The Labute approximate surface area is 158 Å². The van der Waals surface area contributed by atoms with Crippen LogP contribution in [-0.4, -0.2) is 31.4 Å². The molecule has 1 aliphatic rings. The van der Waals surface area contributed by atoms with Crippen molar-refractivity contribution in [2.45, 2.75) is 19.3 Å². The number of aromatic hydroxyl groups is 1. The van der Waals surface area contributed by atoms with Crippen molar-refractivity contribution < 1.29 is 19.3 Å². The van der Waals surface area contributed by atoms with Crippen LogP contribution >= 0.6 is 0 Å². The highest BCUT2D eigenvalue weighted by atomic mass is 16.5. The lowest BCUT2D eigenvalue weighted by Crippen LogP contribution is -2.03. The lowest BCUT2D eigenvalue weighted by atomic mass is 9.82. The van der Waals surface area contributed by atoms with E-state index in [0.717, 1.165) is 46.2 Å². The Morgan fingerprint density at radius 3 is 2.44 bits per heavy atom. The highest BCUT2D eigenvalue weighted by Crippen LogP contribution is 2.45. The molecule has 2 aromatic carbocycles. The summed E-state index contributed by atoms with van der Waals surface area (Å²) in [5, 5.41) is 11.6. The van der Waals surface area contributed by atoms with E-state index in [9.17, 15) is 5.11 Å². The SMILES string of the molecule is COc1ccc2c(C(=C3CCC3)c3cc(O)c(OC)c(OC)c3)c[nH]c2c1. The summed E-state index contributed by atoms with van der Waals surface area (Å²) in [6, 6.07) is 9.72. The molecule has 0 spiro atoms. The van der Waals surface area contributed by atoms with Gasteiger partial charge in [-0.2, -0.15) is 0 Å². The average Bonchev–Trinajstić information content (AvgIpc) is 3.06. The summed E-state index contributed by atoms with van der Waals surface area (Å²) in [7, 11) is 4.77. The van der Waals surface area contributed by atoms with Gasteiger partial charge in [-0.1, -0.05) is 5.57 Å². The standard InChI is InChI=1S/C22H23NO4/c1-25-15-7-8-16-17(12-23-18(16)11-15)21(13-5-4-6-13)14-9-19(24)22(27-3)20(10-14)26-2/h7-12,23-24H,4-6H2,1-3H3. The van der Waals surface area contributed by atoms with Gasteiger partial charge in [0.2, 0.25) is 5.75 Å². The zero-order chi connectivity index (χ0) is 19.0. The summed E-state index contributed by atoms with van der Waals surface area (Å²) in [5.41, 5.74) is 5.60. The van der Waals surface area contributed by atoms with E-state index in [0.29, 0.717) is 11.5 Å². The van der Waals surface area contributed by atoms with E-state index in [1.807, 2.05) is 24.4 Å². The van der Waals surface area contributed by atoms with Gasteiger partial charge in [0.1, 0.15) is 5.75 Å². The third-order valence-corrected chi connectivity index (χ3v) is 5.22. The van der Waals surface area contributed by atoms with Crippen LogP contribution in [0.1, 0.15) is 30.4 Å². The number of aromatic nitrogens is 1. The van der Waals surface area contributed by atoms with Crippen LogP contribution in [0.2, 0.25) is 0 Å². The lowest BCUT2D eigenvalue weighted by Gasteiger charge is -2.23. The summed E-state index contributed by atoms with van der Waals surface area (Å²) in [6.45, 7) is 0. The summed E-state index contributed by atoms with van der Waals surface area (Å²) in [4.78, 5) is 3.35. The van der Waals surface area contributed by atoms with Crippen LogP contribution in [0.5, 0.6) is 23.0 Å². The molecule has 1 aliphatic carbocycles. The quantitative estimate of drug-likeness (QED) is 0.676. The van der Waals surface area contributed by atoms with E-state index >= 15 is 0 Å². The largest absolute Gasteiger partial charge is 0.504 e. The van der Waals surface area contributed by atoms with Gasteiger partial charge in [0.15, 0.2) is 11.5 Å². The van der Waals surface area contributed by atoms with Crippen molar-refractivity contribution in [2.24, 2.45) is 0 Å². The summed E-state index contributed by atoms with van der Waals surface area (Å²) in [6.07, 6.45) is 5.34. The number of allylic oxidation sites excluding steroid dienone is 1. The number of hydrogen-bond donors (Lipinski definition) is 2. The van der Waals surface area contributed by atoms with Crippen molar-refractivity contribution in [3.05, 3.63) is 53.2 Å². The number of rotatable bonds is 5. The van der Waals surface area contributed by atoms with Gasteiger partial charge in [-0.15, -0.1) is 0 Å². The van der Waals surface area contributed by atoms with Gasteiger partial charge in [-0.25, -0.2) is 0 Å². The first-order valence-electron chi connectivity index (χ1n) is 8.99. The van der Waals surface area contributed by atoms with Crippen LogP contribution in [-0.2, 0) is 0 Å². The topological polar surface area (TPSA) is 63.7 Å². The van der Waals surface area contributed by atoms with Gasteiger partial charge in [0.25, 0.3) is 0 Å². The third kappa shape index (κ3) is 2.89. The van der Waals surface area contributed by atoms with Crippen LogP contribution < -0.4 is 14.2 Å².